The number of carboxylic acids is 2. The Labute approximate surface area is 158 Å². The molecule has 6 heteroatoms. The molecule has 1 aromatic carbocycles. The Morgan fingerprint density at radius 2 is 1.50 bits per heavy atom. The SMILES string of the molecule is CC(=O)O.CC(=O)O.CC(C)(c1[c-]cccc1)c1ccccn1.[Au+]. The van der Waals surface area contributed by atoms with Crippen LogP contribution in [0.2, 0.25) is 0 Å². The Bertz CT molecular complexity index is 539. The number of rotatable bonds is 2. The van der Waals surface area contributed by atoms with Gasteiger partial charge in [-0.3, -0.25) is 14.6 Å². The van der Waals surface area contributed by atoms with Crippen LogP contribution < -0.4 is 0 Å². The number of hydrogen-bond donors (Lipinski definition) is 2. The second-order valence-electron chi connectivity index (χ2n) is 5.15. The van der Waals surface area contributed by atoms with Crippen molar-refractivity contribution in [1.29, 1.82) is 0 Å². The molecule has 0 radical (unpaired) electrons. The van der Waals surface area contributed by atoms with Crippen molar-refractivity contribution in [1.82, 2.24) is 4.98 Å². The fourth-order valence-electron chi connectivity index (χ4n) is 1.65. The largest absolute Gasteiger partial charge is 1.00 e. The monoisotopic (exact) mass is 513 g/mol. The molecule has 2 aromatic rings. The van der Waals surface area contributed by atoms with Crippen molar-refractivity contribution in [3.05, 3.63) is 66.0 Å². The third-order valence-corrected chi connectivity index (χ3v) is 2.69. The van der Waals surface area contributed by atoms with Crippen molar-refractivity contribution in [2.75, 3.05) is 0 Å². The molecular weight excluding hydrogens is 491 g/mol. The van der Waals surface area contributed by atoms with E-state index in [9.17, 15) is 0 Å². The van der Waals surface area contributed by atoms with Crippen molar-refractivity contribution < 1.29 is 42.2 Å². The Balaban J connectivity index is 0. The van der Waals surface area contributed by atoms with E-state index in [-0.39, 0.29) is 27.8 Å². The molecule has 1 aromatic heterocycles. The molecule has 24 heavy (non-hydrogen) atoms. The van der Waals surface area contributed by atoms with E-state index in [2.05, 4.69) is 37.0 Å². The molecule has 0 aliphatic heterocycles. The van der Waals surface area contributed by atoms with Gasteiger partial charge in [0.1, 0.15) is 0 Å². The first kappa shape index (κ1) is 24.3. The summed E-state index contributed by atoms with van der Waals surface area (Å²) in [6.07, 6.45) is 1.83. The minimum Gasteiger partial charge on any atom is -0.481 e. The van der Waals surface area contributed by atoms with Gasteiger partial charge in [0.25, 0.3) is 11.9 Å². The molecule has 0 atom stereocenters. The van der Waals surface area contributed by atoms with Crippen LogP contribution in [0.1, 0.15) is 39.0 Å². The van der Waals surface area contributed by atoms with Gasteiger partial charge >= 0.3 is 22.4 Å². The van der Waals surface area contributed by atoms with Crippen LogP contribution in [-0.4, -0.2) is 27.1 Å². The van der Waals surface area contributed by atoms with E-state index < -0.39 is 11.9 Å². The fourth-order valence-corrected chi connectivity index (χ4v) is 1.65. The van der Waals surface area contributed by atoms with Gasteiger partial charge in [-0.1, -0.05) is 19.9 Å². The molecule has 5 nitrogen and oxygen atoms in total. The van der Waals surface area contributed by atoms with Gasteiger partial charge in [-0.2, -0.15) is 35.9 Å². The molecule has 134 valence electrons. The molecule has 0 amide bonds. The van der Waals surface area contributed by atoms with Gasteiger partial charge in [0.05, 0.1) is 0 Å². The van der Waals surface area contributed by atoms with Gasteiger partial charge in [-0.05, 0) is 12.1 Å². The predicted octanol–water partition coefficient (Wildman–Crippen LogP) is 3.39. The molecule has 0 fully saturated rings. The summed E-state index contributed by atoms with van der Waals surface area (Å²) in [5.41, 5.74) is 2.17. The Morgan fingerprint density at radius 3 is 1.88 bits per heavy atom. The average molecular weight is 513 g/mol. The normalized spacial score (nSPS) is 9.17. The zero-order valence-corrected chi connectivity index (χ0v) is 16.2. The summed E-state index contributed by atoms with van der Waals surface area (Å²) in [7, 11) is 0. The summed E-state index contributed by atoms with van der Waals surface area (Å²) in [5.74, 6) is -1.67. The molecular formula is C18H22AuNO4. The predicted molar refractivity (Wildman–Crippen MR) is 88.3 cm³/mol. The first-order chi connectivity index (χ1) is 10.7. The summed E-state index contributed by atoms with van der Waals surface area (Å²) in [4.78, 5) is 22.4. The van der Waals surface area contributed by atoms with Crippen LogP contribution in [0.15, 0.2) is 48.7 Å². The van der Waals surface area contributed by atoms with Gasteiger partial charge in [-0.25, -0.2) is 0 Å². The third kappa shape index (κ3) is 10.7. The van der Waals surface area contributed by atoms with Crippen LogP contribution in [0.25, 0.3) is 0 Å². The van der Waals surface area contributed by atoms with Crippen molar-refractivity contribution in [3.8, 4) is 0 Å². The molecule has 1 heterocycles. The summed E-state index contributed by atoms with van der Waals surface area (Å²) < 4.78 is 0. The minimum atomic E-state index is -0.833. The summed E-state index contributed by atoms with van der Waals surface area (Å²) in [6.45, 7) is 6.50. The number of aliphatic carboxylic acids is 2. The number of benzene rings is 1. The smallest absolute Gasteiger partial charge is 0.481 e. The van der Waals surface area contributed by atoms with Gasteiger partial charge in [0.15, 0.2) is 0 Å². The quantitative estimate of drug-likeness (QED) is 0.475. The average Bonchev–Trinajstić information content (AvgIpc) is 2.48. The number of pyridine rings is 1. The van der Waals surface area contributed by atoms with Gasteiger partial charge in [0, 0.05) is 31.2 Å². The Kier molecular flexibility index (Phi) is 12.6. The second kappa shape index (κ2) is 12.5. The first-order valence-corrected chi connectivity index (χ1v) is 6.95. The molecule has 0 saturated heterocycles. The summed E-state index contributed by atoms with van der Waals surface area (Å²) in [6, 6.07) is 17.3. The summed E-state index contributed by atoms with van der Waals surface area (Å²) >= 11 is 0. The number of carbonyl (C=O) groups is 2. The van der Waals surface area contributed by atoms with Crippen LogP contribution >= 0.6 is 0 Å². The van der Waals surface area contributed by atoms with Crippen LogP contribution in [0.4, 0.5) is 0 Å². The number of aromatic nitrogens is 1. The molecule has 2 N–H and O–H groups in total. The summed E-state index contributed by atoms with van der Waals surface area (Å²) in [5, 5.41) is 14.8. The zero-order chi connectivity index (χ0) is 17.9. The second-order valence-corrected chi connectivity index (χ2v) is 5.15. The van der Waals surface area contributed by atoms with Crippen LogP contribution in [0.5, 0.6) is 0 Å². The standard InChI is InChI=1S/C14H14N.2C2H4O2.Au/c1-14(2,12-8-4-3-5-9-12)13-10-6-7-11-15-13;2*1-2(3)4;/h3-8,10-11H,1-2H3;2*1H3,(H,3,4);/q-1;;;+1. The van der Waals surface area contributed by atoms with Crippen molar-refractivity contribution in [2.45, 2.75) is 33.1 Å². The molecule has 0 saturated carbocycles. The number of hydrogen-bond acceptors (Lipinski definition) is 3. The molecule has 0 spiro atoms. The topological polar surface area (TPSA) is 87.5 Å². The van der Waals surface area contributed by atoms with Crippen LogP contribution in [0.3, 0.4) is 0 Å². The van der Waals surface area contributed by atoms with Crippen molar-refractivity contribution >= 4 is 11.9 Å². The molecule has 0 bridgehead atoms. The van der Waals surface area contributed by atoms with E-state index in [0.29, 0.717) is 0 Å². The maximum absolute atomic E-state index is 9.00. The van der Waals surface area contributed by atoms with Gasteiger partial charge in [0.2, 0.25) is 0 Å². The van der Waals surface area contributed by atoms with Gasteiger partial charge < -0.3 is 10.2 Å². The molecule has 0 aliphatic carbocycles. The Morgan fingerprint density at radius 1 is 1.00 bits per heavy atom. The number of carboxylic acid groups (broad SMARTS) is 2. The van der Waals surface area contributed by atoms with Crippen molar-refractivity contribution in [2.24, 2.45) is 0 Å². The minimum absolute atomic E-state index is 0. The third-order valence-electron chi connectivity index (χ3n) is 2.69. The Hall–Kier alpha value is -1.95. The number of nitrogens with zero attached hydrogens (tertiary/aromatic N) is 1. The van der Waals surface area contributed by atoms with E-state index in [1.807, 2.05) is 36.5 Å². The fraction of sp³-hybridized carbons (Fsp3) is 0.278. The molecule has 0 unspecified atom stereocenters. The molecule has 0 aliphatic rings. The van der Waals surface area contributed by atoms with E-state index in [1.54, 1.807) is 0 Å². The molecule has 2 rings (SSSR count). The van der Waals surface area contributed by atoms with E-state index >= 15 is 0 Å². The maximum Gasteiger partial charge on any atom is 1.00 e. The van der Waals surface area contributed by atoms with E-state index in [4.69, 9.17) is 19.8 Å². The van der Waals surface area contributed by atoms with Crippen LogP contribution in [-0.2, 0) is 37.4 Å². The first-order valence-electron chi connectivity index (χ1n) is 6.95. The maximum atomic E-state index is 9.00. The zero-order valence-electron chi connectivity index (χ0n) is 14.1. The van der Waals surface area contributed by atoms with E-state index in [0.717, 1.165) is 19.5 Å². The van der Waals surface area contributed by atoms with Crippen molar-refractivity contribution in [3.63, 3.8) is 0 Å². The van der Waals surface area contributed by atoms with Crippen LogP contribution in [0, 0.1) is 6.07 Å². The van der Waals surface area contributed by atoms with Gasteiger partial charge in [-0.15, -0.1) is 0 Å². The van der Waals surface area contributed by atoms with E-state index in [1.165, 1.54) is 5.56 Å².